The Labute approximate surface area is 118 Å². The van der Waals surface area contributed by atoms with E-state index in [1.807, 2.05) is 0 Å². The molecule has 0 aliphatic rings. The van der Waals surface area contributed by atoms with E-state index in [0.29, 0.717) is 0 Å². The lowest BCUT2D eigenvalue weighted by atomic mass is 10.2. The van der Waals surface area contributed by atoms with Crippen LogP contribution in [0.2, 0.25) is 0 Å². The van der Waals surface area contributed by atoms with Gasteiger partial charge in [-0.15, -0.1) is 0 Å². The van der Waals surface area contributed by atoms with Crippen LogP contribution in [0.3, 0.4) is 0 Å². The van der Waals surface area contributed by atoms with E-state index >= 15 is 0 Å². The average molecular weight is 301 g/mol. The van der Waals surface area contributed by atoms with E-state index < -0.39 is 33.7 Å². The highest BCUT2D eigenvalue weighted by Gasteiger charge is 2.25. The van der Waals surface area contributed by atoms with Crippen LogP contribution in [-0.4, -0.2) is 32.5 Å². The van der Waals surface area contributed by atoms with E-state index in [-0.39, 0.29) is 16.5 Å². The average Bonchev–Trinajstić information content (AvgIpc) is 2.36. The van der Waals surface area contributed by atoms with Crippen LogP contribution in [0.15, 0.2) is 23.1 Å². The zero-order valence-corrected chi connectivity index (χ0v) is 12.2. The predicted molar refractivity (Wildman–Crippen MR) is 72.5 cm³/mol. The largest absolute Gasteiger partial charge is 0.478 e. The summed E-state index contributed by atoms with van der Waals surface area (Å²) >= 11 is 0. The van der Waals surface area contributed by atoms with Gasteiger partial charge in [-0.2, -0.15) is 0 Å². The molecule has 2 atom stereocenters. The fraction of sp³-hybridized carbons (Fsp3) is 0.385. The van der Waals surface area contributed by atoms with Gasteiger partial charge in [-0.05, 0) is 39.0 Å². The highest BCUT2D eigenvalue weighted by molar-refractivity contribution is 7.86. The second-order valence-electron chi connectivity index (χ2n) is 4.55. The number of halogens is 1. The number of benzene rings is 1. The van der Waals surface area contributed by atoms with Gasteiger partial charge < -0.3 is 10.4 Å². The third-order valence-corrected chi connectivity index (χ3v) is 4.12. The topological polar surface area (TPSA) is 83.5 Å². The highest BCUT2D eigenvalue weighted by Crippen LogP contribution is 2.18. The quantitative estimate of drug-likeness (QED) is 0.864. The summed E-state index contributed by atoms with van der Waals surface area (Å²) in [5.74, 6) is -2.52. The first-order valence-electron chi connectivity index (χ1n) is 5.97. The lowest BCUT2D eigenvalue weighted by Crippen LogP contribution is -2.39. The summed E-state index contributed by atoms with van der Waals surface area (Å²) in [7, 11) is -1.96. The molecule has 2 N–H and O–H groups in total. The van der Waals surface area contributed by atoms with E-state index in [2.05, 4.69) is 5.32 Å². The Kier molecular flexibility index (Phi) is 5.38. The minimum Gasteiger partial charge on any atom is -0.478 e. The van der Waals surface area contributed by atoms with Gasteiger partial charge >= 0.3 is 5.97 Å². The van der Waals surface area contributed by atoms with E-state index in [0.717, 1.165) is 18.2 Å². The summed E-state index contributed by atoms with van der Waals surface area (Å²) in [5.41, 5.74) is -0.175. The van der Waals surface area contributed by atoms with Gasteiger partial charge in [0, 0.05) is 6.04 Å². The second kappa shape index (κ2) is 6.60. The zero-order valence-electron chi connectivity index (χ0n) is 11.3. The van der Waals surface area contributed by atoms with Crippen LogP contribution in [0.4, 0.5) is 4.39 Å². The third kappa shape index (κ3) is 3.86. The summed E-state index contributed by atoms with van der Waals surface area (Å²) in [4.78, 5) is 22.3. The standard InChI is InChI=1S/C13H16FNO4S/c1-7(2)15-12(16)8(3)20(19)11-6-9(13(17)18)4-5-10(11)14/h4-8H,1-3H3,(H,15,16)(H,17,18). The van der Waals surface area contributed by atoms with Crippen molar-refractivity contribution in [1.29, 1.82) is 0 Å². The van der Waals surface area contributed by atoms with Gasteiger partial charge in [-0.1, -0.05) is 0 Å². The molecule has 0 heterocycles. The molecule has 0 spiro atoms. The fourth-order valence-corrected chi connectivity index (χ4v) is 2.63. The molecule has 20 heavy (non-hydrogen) atoms. The summed E-state index contributed by atoms with van der Waals surface area (Å²) in [6.07, 6.45) is 0. The van der Waals surface area contributed by atoms with Crippen molar-refractivity contribution in [2.24, 2.45) is 0 Å². The fourth-order valence-electron chi connectivity index (χ4n) is 1.48. The number of rotatable bonds is 5. The van der Waals surface area contributed by atoms with Crippen molar-refractivity contribution < 1.29 is 23.3 Å². The molecular formula is C13H16FNO4S. The van der Waals surface area contributed by atoms with Crippen LogP contribution >= 0.6 is 0 Å². The van der Waals surface area contributed by atoms with E-state index in [1.54, 1.807) is 13.8 Å². The molecule has 2 unspecified atom stereocenters. The first-order chi connectivity index (χ1) is 9.23. The van der Waals surface area contributed by atoms with Crippen LogP contribution in [-0.2, 0) is 15.6 Å². The van der Waals surface area contributed by atoms with Crippen LogP contribution in [0, 0.1) is 5.82 Å². The first kappa shape index (κ1) is 16.3. The normalized spacial score (nSPS) is 13.8. The Morgan fingerprint density at radius 2 is 1.90 bits per heavy atom. The van der Waals surface area contributed by atoms with Gasteiger partial charge in [0.05, 0.1) is 21.3 Å². The van der Waals surface area contributed by atoms with Gasteiger partial charge in [0.25, 0.3) is 0 Å². The minimum absolute atomic E-state index is 0.128. The molecule has 110 valence electrons. The van der Waals surface area contributed by atoms with Crippen molar-refractivity contribution in [3.8, 4) is 0 Å². The van der Waals surface area contributed by atoms with Crippen molar-refractivity contribution in [3.63, 3.8) is 0 Å². The maximum absolute atomic E-state index is 13.7. The Morgan fingerprint density at radius 3 is 2.40 bits per heavy atom. The molecule has 0 aliphatic heterocycles. The van der Waals surface area contributed by atoms with Crippen LogP contribution in [0.25, 0.3) is 0 Å². The van der Waals surface area contributed by atoms with E-state index in [9.17, 15) is 18.2 Å². The predicted octanol–water partition coefficient (Wildman–Crippen LogP) is 1.54. The van der Waals surface area contributed by atoms with Crippen LogP contribution in [0.5, 0.6) is 0 Å². The Bertz CT molecular complexity index is 559. The van der Waals surface area contributed by atoms with Crippen molar-refractivity contribution in [1.82, 2.24) is 5.32 Å². The molecule has 1 aromatic carbocycles. The van der Waals surface area contributed by atoms with Crippen molar-refractivity contribution in [2.45, 2.75) is 37.0 Å². The van der Waals surface area contributed by atoms with Gasteiger partial charge in [0.1, 0.15) is 11.1 Å². The van der Waals surface area contributed by atoms with Crippen molar-refractivity contribution >= 4 is 22.7 Å². The summed E-state index contributed by atoms with van der Waals surface area (Å²) in [5, 5.41) is 10.5. The van der Waals surface area contributed by atoms with Crippen molar-refractivity contribution in [3.05, 3.63) is 29.6 Å². The smallest absolute Gasteiger partial charge is 0.335 e. The molecule has 1 aromatic rings. The molecule has 0 aliphatic carbocycles. The Hall–Kier alpha value is -1.76. The SMILES string of the molecule is CC(C)NC(=O)C(C)S(=O)c1cc(C(=O)O)ccc1F. The lowest BCUT2D eigenvalue weighted by molar-refractivity contribution is -0.120. The summed E-state index contributed by atoms with van der Waals surface area (Å²) in [6.45, 7) is 4.90. The molecule has 0 aromatic heterocycles. The number of hydrogen-bond acceptors (Lipinski definition) is 3. The van der Waals surface area contributed by atoms with Gasteiger partial charge in [-0.3, -0.25) is 9.00 Å². The van der Waals surface area contributed by atoms with E-state index in [4.69, 9.17) is 5.11 Å². The molecule has 0 fully saturated rings. The van der Waals surface area contributed by atoms with Crippen LogP contribution < -0.4 is 5.32 Å². The molecule has 0 bridgehead atoms. The van der Waals surface area contributed by atoms with Gasteiger partial charge in [-0.25, -0.2) is 9.18 Å². The highest BCUT2D eigenvalue weighted by atomic mass is 32.2. The molecule has 0 radical (unpaired) electrons. The number of aromatic carboxylic acids is 1. The molecule has 1 amide bonds. The number of carbonyl (C=O) groups is 2. The monoisotopic (exact) mass is 301 g/mol. The molecule has 0 saturated heterocycles. The molecule has 7 heteroatoms. The van der Waals surface area contributed by atoms with E-state index in [1.165, 1.54) is 6.92 Å². The number of nitrogens with one attached hydrogen (secondary N) is 1. The number of amides is 1. The summed E-state index contributed by atoms with van der Waals surface area (Å²) in [6, 6.07) is 2.88. The number of carbonyl (C=O) groups excluding carboxylic acids is 1. The molecule has 5 nitrogen and oxygen atoms in total. The maximum Gasteiger partial charge on any atom is 0.335 e. The third-order valence-electron chi connectivity index (χ3n) is 2.52. The van der Waals surface area contributed by atoms with Crippen LogP contribution in [0.1, 0.15) is 31.1 Å². The number of carboxylic acid groups (broad SMARTS) is 1. The molecule has 1 rings (SSSR count). The summed E-state index contributed by atoms with van der Waals surface area (Å²) < 4.78 is 25.8. The molecular weight excluding hydrogens is 285 g/mol. The number of carboxylic acids is 1. The van der Waals surface area contributed by atoms with Gasteiger partial charge in [0.15, 0.2) is 0 Å². The Morgan fingerprint density at radius 1 is 1.30 bits per heavy atom. The molecule has 0 saturated carbocycles. The van der Waals surface area contributed by atoms with Crippen molar-refractivity contribution in [2.75, 3.05) is 0 Å². The number of hydrogen-bond donors (Lipinski definition) is 2. The second-order valence-corrected chi connectivity index (χ2v) is 6.30. The lowest BCUT2D eigenvalue weighted by Gasteiger charge is -2.15. The maximum atomic E-state index is 13.7. The first-order valence-corrected chi connectivity index (χ1v) is 7.19. The Balaban J connectivity index is 3.05. The van der Waals surface area contributed by atoms with Gasteiger partial charge in [0.2, 0.25) is 5.91 Å². The zero-order chi connectivity index (χ0) is 15.4. The minimum atomic E-state index is -1.96.